The molecule has 0 bridgehead atoms. The molecule has 6 nitrogen and oxygen atoms in total. The van der Waals surface area contributed by atoms with Crippen LogP contribution in [0, 0.1) is 0 Å². The quantitative estimate of drug-likeness (QED) is 0.741. The summed E-state index contributed by atoms with van der Waals surface area (Å²) < 4.78 is 31.3. The van der Waals surface area contributed by atoms with Gasteiger partial charge in [0, 0.05) is 12.6 Å². The molecule has 1 aromatic rings. The molecule has 1 atom stereocenters. The second-order valence-electron chi connectivity index (χ2n) is 3.98. The highest BCUT2D eigenvalue weighted by atomic mass is 32.2. The zero-order chi connectivity index (χ0) is 14.5. The van der Waals surface area contributed by atoms with Gasteiger partial charge in [0.05, 0.1) is 17.6 Å². The second-order valence-corrected chi connectivity index (χ2v) is 5.70. The van der Waals surface area contributed by atoms with E-state index in [-0.39, 0.29) is 23.0 Å². The highest BCUT2D eigenvalue weighted by molar-refractivity contribution is 7.89. The Morgan fingerprint density at radius 3 is 2.68 bits per heavy atom. The maximum atomic E-state index is 12.1. The molecule has 106 valence electrons. The van der Waals surface area contributed by atoms with Gasteiger partial charge in [0.15, 0.2) is 0 Å². The summed E-state index contributed by atoms with van der Waals surface area (Å²) in [4.78, 5) is 11.4. The number of benzene rings is 1. The van der Waals surface area contributed by atoms with Crippen LogP contribution in [0.25, 0.3) is 0 Å². The lowest BCUT2D eigenvalue weighted by atomic mass is 10.2. The number of sulfonamides is 1. The van der Waals surface area contributed by atoms with Gasteiger partial charge < -0.3 is 10.5 Å². The van der Waals surface area contributed by atoms with E-state index in [9.17, 15) is 13.2 Å². The van der Waals surface area contributed by atoms with Crippen LogP contribution in [0.5, 0.6) is 0 Å². The Bertz CT molecular complexity index is 538. The van der Waals surface area contributed by atoms with Crippen LogP contribution in [0.2, 0.25) is 0 Å². The smallest absolute Gasteiger partial charge is 0.337 e. The lowest BCUT2D eigenvalue weighted by Crippen LogP contribution is -2.39. The maximum Gasteiger partial charge on any atom is 0.337 e. The third-order valence-electron chi connectivity index (χ3n) is 2.66. The first-order chi connectivity index (χ1) is 8.94. The molecule has 3 N–H and O–H groups in total. The average Bonchev–Trinajstić information content (AvgIpc) is 2.44. The molecule has 0 aromatic heterocycles. The van der Waals surface area contributed by atoms with Crippen molar-refractivity contribution in [2.45, 2.75) is 24.3 Å². The van der Waals surface area contributed by atoms with E-state index in [1.807, 2.05) is 6.92 Å². The summed E-state index contributed by atoms with van der Waals surface area (Å²) in [7, 11) is -2.45. The van der Waals surface area contributed by atoms with E-state index < -0.39 is 16.0 Å². The fourth-order valence-corrected chi connectivity index (χ4v) is 2.87. The highest BCUT2D eigenvalue weighted by Crippen LogP contribution is 2.13. The number of carbonyl (C=O) groups is 1. The molecule has 0 amide bonds. The van der Waals surface area contributed by atoms with E-state index in [2.05, 4.69) is 9.46 Å². The second kappa shape index (κ2) is 6.65. The SMILES string of the molecule is CCC(CN)NS(=O)(=O)c1cccc(C(=O)OC)c1. The number of hydrogen-bond acceptors (Lipinski definition) is 5. The zero-order valence-corrected chi connectivity index (χ0v) is 11.7. The van der Waals surface area contributed by atoms with Crippen LogP contribution in [-0.2, 0) is 14.8 Å². The van der Waals surface area contributed by atoms with E-state index in [1.165, 1.54) is 31.4 Å². The van der Waals surface area contributed by atoms with Crippen molar-refractivity contribution >= 4 is 16.0 Å². The fraction of sp³-hybridized carbons (Fsp3) is 0.417. The summed E-state index contributed by atoms with van der Waals surface area (Å²) in [5, 5.41) is 0. The number of nitrogens with two attached hydrogens (primary N) is 1. The molecular formula is C12H18N2O4S. The van der Waals surface area contributed by atoms with Crippen molar-refractivity contribution < 1.29 is 17.9 Å². The number of esters is 1. The molecule has 0 saturated carbocycles. The predicted molar refractivity (Wildman–Crippen MR) is 71.2 cm³/mol. The van der Waals surface area contributed by atoms with E-state index >= 15 is 0 Å². The van der Waals surface area contributed by atoms with Gasteiger partial charge in [0.1, 0.15) is 0 Å². The van der Waals surface area contributed by atoms with Gasteiger partial charge in [-0.1, -0.05) is 13.0 Å². The normalized spacial score (nSPS) is 13.0. The number of ether oxygens (including phenoxy) is 1. The van der Waals surface area contributed by atoms with Gasteiger partial charge in [-0.05, 0) is 24.6 Å². The third-order valence-corrected chi connectivity index (χ3v) is 4.18. The largest absolute Gasteiger partial charge is 0.465 e. The van der Waals surface area contributed by atoms with Gasteiger partial charge in [-0.2, -0.15) is 0 Å². The average molecular weight is 286 g/mol. The van der Waals surface area contributed by atoms with Crippen molar-refractivity contribution in [2.75, 3.05) is 13.7 Å². The topological polar surface area (TPSA) is 98.5 Å². The van der Waals surface area contributed by atoms with E-state index in [4.69, 9.17) is 5.73 Å². The Hall–Kier alpha value is -1.44. The minimum absolute atomic E-state index is 0.0160. The van der Waals surface area contributed by atoms with Crippen LogP contribution >= 0.6 is 0 Å². The van der Waals surface area contributed by atoms with Gasteiger partial charge >= 0.3 is 5.97 Å². The zero-order valence-electron chi connectivity index (χ0n) is 10.9. The summed E-state index contributed by atoms with van der Waals surface area (Å²) in [6.45, 7) is 2.05. The molecule has 1 unspecified atom stereocenters. The third kappa shape index (κ3) is 4.02. The minimum Gasteiger partial charge on any atom is -0.465 e. The highest BCUT2D eigenvalue weighted by Gasteiger charge is 2.19. The summed E-state index contributed by atoms with van der Waals surface area (Å²) >= 11 is 0. The molecule has 0 aliphatic carbocycles. The number of hydrogen-bond donors (Lipinski definition) is 2. The van der Waals surface area contributed by atoms with E-state index in [0.29, 0.717) is 6.42 Å². The standard InChI is InChI=1S/C12H18N2O4S/c1-3-10(8-13)14-19(16,17)11-6-4-5-9(7-11)12(15)18-2/h4-7,10,14H,3,8,13H2,1-2H3. The Labute approximate surface area is 113 Å². The molecule has 0 heterocycles. The van der Waals surface area contributed by atoms with Gasteiger partial charge in [-0.15, -0.1) is 0 Å². The van der Waals surface area contributed by atoms with Gasteiger partial charge in [-0.25, -0.2) is 17.9 Å². The Balaban J connectivity index is 3.05. The Kier molecular flexibility index (Phi) is 5.46. The molecule has 1 aromatic carbocycles. The molecule has 19 heavy (non-hydrogen) atoms. The van der Waals surface area contributed by atoms with Crippen molar-refractivity contribution in [3.8, 4) is 0 Å². The summed E-state index contributed by atoms with van der Waals surface area (Å²) in [5.41, 5.74) is 5.65. The molecular weight excluding hydrogens is 268 g/mol. The lowest BCUT2D eigenvalue weighted by molar-refractivity contribution is 0.0600. The molecule has 0 saturated heterocycles. The molecule has 7 heteroatoms. The first kappa shape index (κ1) is 15.6. The van der Waals surface area contributed by atoms with Crippen molar-refractivity contribution in [2.24, 2.45) is 5.73 Å². The summed E-state index contributed by atoms with van der Waals surface area (Å²) in [5.74, 6) is -0.581. The van der Waals surface area contributed by atoms with Crippen LogP contribution in [-0.4, -0.2) is 34.1 Å². The molecule has 0 radical (unpaired) electrons. The summed E-state index contributed by atoms with van der Waals surface area (Å²) in [6.07, 6.45) is 0.590. The first-order valence-corrected chi connectivity index (χ1v) is 7.33. The fourth-order valence-electron chi connectivity index (χ4n) is 1.49. The first-order valence-electron chi connectivity index (χ1n) is 5.85. The number of nitrogens with one attached hydrogen (secondary N) is 1. The van der Waals surface area contributed by atoms with E-state index in [1.54, 1.807) is 0 Å². The van der Waals surface area contributed by atoms with Crippen LogP contribution in [0.3, 0.4) is 0 Å². The van der Waals surface area contributed by atoms with Gasteiger partial charge in [0.25, 0.3) is 0 Å². The Morgan fingerprint density at radius 1 is 1.47 bits per heavy atom. The summed E-state index contributed by atoms with van der Waals surface area (Å²) in [6, 6.07) is 5.34. The number of methoxy groups -OCH3 is 1. The van der Waals surface area contributed by atoms with Crippen LogP contribution in [0.15, 0.2) is 29.2 Å². The molecule has 0 aliphatic rings. The van der Waals surface area contributed by atoms with Crippen molar-refractivity contribution in [1.29, 1.82) is 0 Å². The monoisotopic (exact) mass is 286 g/mol. The molecule has 0 spiro atoms. The molecule has 0 aliphatic heterocycles. The van der Waals surface area contributed by atoms with Gasteiger partial charge in [-0.3, -0.25) is 0 Å². The van der Waals surface area contributed by atoms with Crippen LogP contribution in [0.4, 0.5) is 0 Å². The lowest BCUT2D eigenvalue weighted by Gasteiger charge is -2.15. The van der Waals surface area contributed by atoms with Crippen molar-refractivity contribution in [3.63, 3.8) is 0 Å². The van der Waals surface area contributed by atoms with Crippen LogP contribution in [0.1, 0.15) is 23.7 Å². The maximum absolute atomic E-state index is 12.1. The van der Waals surface area contributed by atoms with Crippen LogP contribution < -0.4 is 10.5 Å². The van der Waals surface area contributed by atoms with Crippen molar-refractivity contribution in [3.05, 3.63) is 29.8 Å². The van der Waals surface area contributed by atoms with Crippen molar-refractivity contribution in [1.82, 2.24) is 4.72 Å². The molecule has 1 rings (SSSR count). The van der Waals surface area contributed by atoms with Gasteiger partial charge in [0.2, 0.25) is 10.0 Å². The number of carbonyl (C=O) groups excluding carboxylic acids is 1. The number of rotatable bonds is 6. The van der Waals surface area contributed by atoms with E-state index in [0.717, 1.165) is 0 Å². The molecule has 0 fully saturated rings. The minimum atomic E-state index is -3.69. The Morgan fingerprint density at radius 2 is 2.16 bits per heavy atom. The predicted octanol–water partition coefficient (Wildman–Crippen LogP) is 0.489.